The average Bonchev–Trinajstić information content (AvgIpc) is 3.18. The Morgan fingerprint density at radius 1 is 0.448 bits per heavy atom. The van der Waals surface area contributed by atoms with Crippen LogP contribution in [0.2, 0.25) is 0 Å². The Morgan fingerprint density at radius 2 is 0.948 bits per heavy atom. The Balaban J connectivity index is 0.000000198. The molecule has 0 radical (unpaired) electrons. The van der Waals surface area contributed by atoms with Crippen LogP contribution in [0.1, 0.15) is 44.5 Å². The lowest BCUT2D eigenvalue weighted by Crippen LogP contribution is -2.29. The van der Waals surface area contributed by atoms with Gasteiger partial charge in [-0.3, -0.25) is 9.97 Å². The summed E-state index contributed by atoms with van der Waals surface area (Å²) in [7, 11) is -1.38. The lowest BCUT2D eigenvalue weighted by molar-refractivity contribution is 0.425. The van der Waals surface area contributed by atoms with Crippen LogP contribution in [0.25, 0.3) is 22.5 Å². The number of pyridine rings is 4. The van der Waals surface area contributed by atoms with Crippen LogP contribution in [0.4, 0.5) is 0 Å². The second-order valence-corrected chi connectivity index (χ2v) is 17.7. The first kappa shape index (κ1) is 49.0. The van der Waals surface area contributed by atoms with E-state index in [0.717, 1.165) is 45.1 Å². The van der Waals surface area contributed by atoms with E-state index in [4.69, 9.17) is 10.0 Å². The molecule has 0 spiro atoms. The number of benzene rings is 3. The van der Waals surface area contributed by atoms with Crippen LogP contribution >= 0.6 is 79.6 Å². The van der Waals surface area contributed by atoms with Crippen molar-refractivity contribution in [3.05, 3.63) is 189 Å². The molecular weight excluding hydrogens is 1050 g/mol. The summed E-state index contributed by atoms with van der Waals surface area (Å²) in [6, 6.07) is 31.5. The third kappa shape index (κ3) is 16.4. The standard InChI is InChI=1S/2C13H12BrN.2C7H8BrN.C6H6BBrO2/c1-9-6-13(15-8-10(9)2)11-4-3-5-12(14)7-11;1-9-6-7-15-13(10(9)2)11-4-3-5-12(14)8-11;1-5-3-7(8)9-4-6(5)2;1-5-3-4-9-7(8)6(5)2;8-6-3-1-2-5(4-6)7(9)10/h2*3-8H,1-2H3;2*3-4H,1-2H3;1-4,9-10H. The normalized spacial score (nSPS) is 9.98. The molecule has 0 saturated heterocycles. The fourth-order valence-corrected chi connectivity index (χ4v) is 6.94. The van der Waals surface area contributed by atoms with Crippen LogP contribution in [-0.2, 0) is 0 Å². The number of halogens is 5. The number of hydrogen-bond donors (Lipinski definition) is 2. The van der Waals surface area contributed by atoms with Gasteiger partial charge < -0.3 is 10.0 Å². The van der Waals surface area contributed by atoms with E-state index in [-0.39, 0.29) is 0 Å². The van der Waals surface area contributed by atoms with E-state index in [2.05, 4.69) is 178 Å². The molecule has 7 rings (SSSR count). The zero-order valence-corrected chi connectivity index (χ0v) is 41.6. The third-order valence-electron chi connectivity index (χ3n) is 8.97. The summed E-state index contributed by atoms with van der Waals surface area (Å²) in [5, 5.41) is 17.4. The second kappa shape index (κ2) is 24.7. The van der Waals surface area contributed by atoms with Crippen molar-refractivity contribution in [1.82, 2.24) is 19.9 Å². The van der Waals surface area contributed by atoms with Crippen LogP contribution < -0.4 is 5.46 Å². The predicted octanol–water partition coefficient (Wildman–Crippen LogP) is 13.3. The van der Waals surface area contributed by atoms with Gasteiger partial charge in [0.15, 0.2) is 0 Å². The highest BCUT2D eigenvalue weighted by Gasteiger charge is 2.09. The molecule has 3 aromatic carbocycles. The smallest absolute Gasteiger partial charge is 0.423 e. The Morgan fingerprint density at radius 3 is 1.43 bits per heavy atom. The van der Waals surface area contributed by atoms with Gasteiger partial charge >= 0.3 is 7.12 Å². The van der Waals surface area contributed by atoms with Gasteiger partial charge in [0.05, 0.1) is 11.4 Å². The highest BCUT2D eigenvalue weighted by Crippen LogP contribution is 2.26. The van der Waals surface area contributed by atoms with Crippen molar-refractivity contribution in [2.45, 2.75) is 55.4 Å². The van der Waals surface area contributed by atoms with E-state index in [0.29, 0.717) is 5.46 Å². The van der Waals surface area contributed by atoms with Crippen LogP contribution in [0.15, 0.2) is 144 Å². The monoisotopic (exact) mass is 1090 g/mol. The third-order valence-corrected chi connectivity index (χ3v) is 11.7. The summed E-state index contributed by atoms with van der Waals surface area (Å²) < 4.78 is 4.87. The lowest BCUT2D eigenvalue weighted by Gasteiger charge is -2.07. The molecule has 58 heavy (non-hydrogen) atoms. The summed E-state index contributed by atoms with van der Waals surface area (Å²) in [6.45, 7) is 16.6. The number of aromatic nitrogens is 4. The first-order valence-electron chi connectivity index (χ1n) is 18.1. The molecule has 6 nitrogen and oxygen atoms in total. The largest absolute Gasteiger partial charge is 0.488 e. The van der Waals surface area contributed by atoms with Gasteiger partial charge in [0.1, 0.15) is 9.21 Å². The SMILES string of the molecule is Cc1ccnc(-c2cccc(Br)c2)c1C.Cc1ccnc(Br)c1C.Cc1cnc(-c2cccc(Br)c2)cc1C.Cc1cnc(Br)cc1C.OB(O)c1cccc(Br)c1. The highest BCUT2D eigenvalue weighted by molar-refractivity contribution is 9.11. The first-order valence-corrected chi connectivity index (χ1v) is 22.1. The highest BCUT2D eigenvalue weighted by atomic mass is 79.9. The predicted molar refractivity (Wildman–Crippen MR) is 260 cm³/mol. The van der Waals surface area contributed by atoms with Crippen LogP contribution in [-0.4, -0.2) is 37.1 Å². The summed E-state index contributed by atoms with van der Waals surface area (Å²) in [4.78, 5) is 17.0. The molecule has 7 aromatic rings. The van der Waals surface area contributed by atoms with Gasteiger partial charge in [-0.05, 0) is 198 Å². The Kier molecular flexibility index (Phi) is 20.8. The Bertz CT molecular complexity index is 2390. The van der Waals surface area contributed by atoms with Gasteiger partial charge in [-0.15, -0.1) is 0 Å². The molecule has 0 aliphatic carbocycles. The molecule has 0 aliphatic heterocycles. The minimum absolute atomic E-state index is 0.495. The topological polar surface area (TPSA) is 92.0 Å². The van der Waals surface area contributed by atoms with Gasteiger partial charge in [0.25, 0.3) is 0 Å². The molecule has 0 bridgehead atoms. The molecule has 0 unspecified atom stereocenters. The summed E-state index contributed by atoms with van der Waals surface area (Å²) in [5.74, 6) is 0. The summed E-state index contributed by atoms with van der Waals surface area (Å²) in [5.41, 5.74) is 14.9. The average molecular weight is 1100 g/mol. The molecular formula is C46H46BBr5N4O2. The van der Waals surface area contributed by atoms with Crippen LogP contribution in [0.5, 0.6) is 0 Å². The second-order valence-electron chi connectivity index (χ2n) is 13.3. The maximum absolute atomic E-state index is 8.68. The molecule has 0 fully saturated rings. The Labute approximate surface area is 385 Å². The molecule has 4 aromatic heterocycles. The summed E-state index contributed by atoms with van der Waals surface area (Å²) in [6.07, 6.45) is 7.44. The van der Waals surface area contributed by atoms with Crippen molar-refractivity contribution in [2.75, 3.05) is 0 Å². The number of aryl methyl sites for hydroxylation is 6. The Hall–Kier alpha value is -3.36. The van der Waals surface area contributed by atoms with Crippen molar-refractivity contribution in [3.8, 4) is 22.5 Å². The van der Waals surface area contributed by atoms with Crippen molar-refractivity contribution in [2.24, 2.45) is 0 Å². The van der Waals surface area contributed by atoms with Gasteiger partial charge in [0.2, 0.25) is 0 Å². The molecule has 0 saturated carbocycles. The molecule has 4 heterocycles. The van der Waals surface area contributed by atoms with Gasteiger partial charge in [-0.2, -0.15) is 0 Å². The van der Waals surface area contributed by atoms with Crippen molar-refractivity contribution in [3.63, 3.8) is 0 Å². The van der Waals surface area contributed by atoms with Crippen LogP contribution in [0, 0.1) is 55.4 Å². The fraction of sp³-hybridized carbons (Fsp3) is 0.174. The maximum atomic E-state index is 8.68. The van der Waals surface area contributed by atoms with E-state index in [9.17, 15) is 0 Å². The number of hydrogen-bond acceptors (Lipinski definition) is 6. The van der Waals surface area contributed by atoms with E-state index in [1.165, 1.54) is 44.5 Å². The molecule has 0 atom stereocenters. The molecule has 300 valence electrons. The quantitative estimate of drug-likeness (QED) is 0.135. The van der Waals surface area contributed by atoms with E-state index in [1.807, 2.05) is 74.0 Å². The minimum atomic E-state index is -1.38. The molecule has 12 heteroatoms. The fourth-order valence-electron chi connectivity index (χ4n) is 4.85. The molecule has 2 N–H and O–H groups in total. The number of nitrogens with zero attached hydrogens (tertiary/aromatic N) is 4. The lowest BCUT2D eigenvalue weighted by atomic mass is 9.81. The van der Waals surface area contributed by atoms with Crippen LogP contribution in [0.3, 0.4) is 0 Å². The van der Waals surface area contributed by atoms with Gasteiger partial charge in [-0.25, -0.2) is 9.97 Å². The molecule has 0 aliphatic rings. The summed E-state index contributed by atoms with van der Waals surface area (Å²) >= 11 is 16.8. The zero-order valence-electron chi connectivity index (χ0n) is 33.7. The van der Waals surface area contributed by atoms with E-state index >= 15 is 0 Å². The first-order chi connectivity index (χ1) is 27.5. The minimum Gasteiger partial charge on any atom is -0.423 e. The number of rotatable bonds is 3. The van der Waals surface area contributed by atoms with Crippen molar-refractivity contribution in [1.29, 1.82) is 0 Å². The van der Waals surface area contributed by atoms with E-state index in [1.54, 1.807) is 24.4 Å². The van der Waals surface area contributed by atoms with Crippen molar-refractivity contribution < 1.29 is 10.0 Å². The van der Waals surface area contributed by atoms with E-state index < -0.39 is 7.12 Å². The molecule has 0 amide bonds. The zero-order chi connectivity index (χ0) is 42.9. The van der Waals surface area contributed by atoms with Gasteiger partial charge in [-0.1, -0.05) is 84.2 Å². The van der Waals surface area contributed by atoms with Gasteiger partial charge in [0, 0.05) is 49.3 Å². The van der Waals surface area contributed by atoms with Crippen molar-refractivity contribution >= 4 is 92.2 Å². The maximum Gasteiger partial charge on any atom is 0.488 e.